The van der Waals surface area contributed by atoms with E-state index in [1.165, 1.54) is 87.5 Å². The average Bonchev–Trinajstić information content (AvgIpc) is 3.09. The minimum atomic E-state index is 0.586. The van der Waals surface area contributed by atoms with E-state index in [4.69, 9.17) is 5.73 Å². The van der Waals surface area contributed by atoms with Gasteiger partial charge in [0.1, 0.15) is 0 Å². The van der Waals surface area contributed by atoms with E-state index in [1.807, 2.05) is 0 Å². The van der Waals surface area contributed by atoms with Crippen LogP contribution >= 0.6 is 0 Å². The van der Waals surface area contributed by atoms with E-state index < -0.39 is 0 Å². The second kappa shape index (κ2) is 15.0. The summed E-state index contributed by atoms with van der Waals surface area (Å²) >= 11 is 0. The summed E-state index contributed by atoms with van der Waals surface area (Å²) in [6, 6.07) is 0. The smallest absolute Gasteiger partial charge is 0.0366 e. The van der Waals surface area contributed by atoms with Gasteiger partial charge in [0.2, 0.25) is 0 Å². The number of hydrogen-bond acceptors (Lipinski definition) is 2. The van der Waals surface area contributed by atoms with Crippen LogP contribution in [0.25, 0.3) is 0 Å². The monoisotopic (exact) mass is 588 g/mol. The summed E-state index contributed by atoms with van der Waals surface area (Å²) in [5.74, 6) is 1.91. The van der Waals surface area contributed by atoms with Gasteiger partial charge in [-0.25, -0.2) is 0 Å². The first kappa shape index (κ1) is 31.2. The molecule has 0 fully saturated rings. The van der Waals surface area contributed by atoms with Gasteiger partial charge in [0.25, 0.3) is 0 Å². The van der Waals surface area contributed by atoms with Crippen LogP contribution < -0.4 is 11.1 Å². The zero-order chi connectivity index (χ0) is 30.3. The fourth-order valence-electron chi connectivity index (χ4n) is 8.85. The molecule has 3 atom stereocenters. The third kappa shape index (κ3) is 7.17. The molecule has 0 bridgehead atoms. The molecule has 44 heavy (non-hydrogen) atoms. The van der Waals surface area contributed by atoms with Crippen molar-refractivity contribution in [1.29, 1.82) is 0 Å². The van der Waals surface area contributed by atoms with E-state index in [9.17, 15) is 0 Å². The Labute approximate surface area is 268 Å². The van der Waals surface area contributed by atoms with Crippen LogP contribution in [-0.2, 0) is 0 Å². The summed E-state index contributed by atoms with van der Waals surface area (Å²) in [6.45, 7) is 6.12. The highest BCUT2D eigenvalue weighted by atomic mass is 14.9. The lowest BCUT2D eigenvalue weighted by Gasteiger charge is -2.39. The van der Waals surface area contributed by atoms with Crippen LogP contribution in [0.2, 0.25) is 0 Å². The Morgan fingerprint density at radius 2 is 1.80 bits per heavy atom. The molecule has 2 heteroatoms. The van der Waals surface area contributed by atoms with Crippen LogP contribution in [0.5, 0.6) is 0 Å². The van der Waals surface area contributed by atoms with Crippen molar-refractivity contribution >= 4 is 0 Å². The Balaban J connectivity index is 1.23. The molecule has 2 unspecified atom stereocenters. The first-order valence-electron chi connectivity index (χ1n) is 18.0. The Kier molecular flexibility index (Phi) is 10.6. The quantitative estimate of drug-likeness (QED) is 0.263. The highest BCUT2D eigenvalue weighted by Gasteiger charge is 2.34. The van der Waals surface area contributed by atoms with Gasteiger partial charge in [-0.15, -0.1) is 0 Å². The predicted octanol–water partition coefficient (Wildman–Crippen LogP) is 10.6. The molecule has 0 heterocycles. The molecular weight excluding hydrogens is 532 g/mol. The number of fused-ring (bicyclic) bond motifs is 1. The maximum Gasteiger partial charge on any atom is 0.0366 e. The lowest BCUT2D eigenvalue weighted by atomic mass is 9.66. The molecule has 2 nitrogen and oxygen atoms in total. The molecule has 234 valence electrons. The summed E-state index contributed by atoms with van der Waals surface area (Å²) in [5.41, 5.74) is 21.8. The van der Waals surface area contributed by atoms with Crippen molar-refractivity contribution in [1.82, 2.24) is 5.32 Å². The van der Waals surface area contributed by atoms with Crippen LogP contribution in [-0.4, -0.2) is 13.1 Å². The van der Waals surface area contributed by atoms with Crippen molar-refractivity contribution < 1.29 is 0 Å². The maximum absolute atomic E-state index is 6.05. The molecule has 6 aliphatic carbocycles. The van der Waals surface area contributed by atoms with Crippen molar-refractivity contribution in [3.63, 3.8) is 0 Å². The van der Waals surface area contributed by atoms with E-state index in [1.54, 1.807) is 39.0 Å². The Bertz CT molecular complexity index is 1390. The van der Waals surface area contributed by atoms with Crippen molar-refractivity contribution in [3.8, 4) is 0 Å². The van der Waals surface area contributed by atoms with Crippen molar-refractivity contribution in [2.45, 2.75) is 110 Å². The number of allylic oxidation sites excluding steroid dienone is 16. The van der Waals surface area contributed by atoms with E-state index >= 15 is 0 Å². The van der Waals surface area contributed by atoms with Crippen molar-refractivity contribution in [2.75, 3.05) is 13.1 Å². The average molecular weight is 589 g/mol. The van der Waals surface area contributed by atoms with E-state index in [2.05, 4.69) is 79.9 Å². The largest absolute Gasteiger partial charge is 0.382 e. The molecule has 6 aliphatic rings. The van der Waals surface area contributed by atoms with Crippen LogP contribution in [0, 0.1) is 17.8 Å². The molecule has 0 aromatic heterocycles. The van der Waals surface area contributed by atoms with Crippen molar-refractivity contribution in [3.05, 3.63) is 117 Å². The van der Waals surface area contributed by atoms with Gasteiger partial charge in [-0.1, -0.05) is 65.8 Å². The molecule has 0 saturated carbocycles. The van der Waals surface area contributed by atoms with Gasteiger partial charge < -0.3 is 11.1 Å². The van der Waals surface area contributed by atoms with Crippen LogP contribution in [0.3, 0.4) is 0 Å². The summed E-state index contributed by atoms with van der Waals surface area (Å²) in [5, 5.41) is 3.78. The lowest BCUT2D eigenvalue weighted by Crippen LogP contribution is -2.26. The molecule has 6 rings (SSSR count). The fourth-order valence-corrected chi connectivity index (χ4v) is 8.85. The zero-order valence-electron chi connectivity index (χ0n) is 27.6. The van der Waals surface area contributed by atoms with Gasteiger partial charge in [-0.2, -0.15) is 0 Å². The third-order valence-electron chi connectivity index (χ3n) is 11.5. The van der Waals surface area contributed by atoms with Gasteiger partial charge in [-0.05, 0) is 173 Å². The molecule has 0 aromatic carbocycles. The maximum atomic E-state index is 6.05. The molecule has 0 aliphatic heterocycles. The third-order valence-corrected chi connectivity index (χ3v) is 11.5. The fraction of sp³-hybridized carbons (Fsp3) is 0.524. The van der Waals surface area contributed by atoms with Gasteiger partial charge in [0.15, 0.2) is 0 Å². The van der Waals surface area contributed by atoms with E-state index in [-0.39, 0.29) is 0 Å². The second-order valence-electron chi connectivity index (χ2n) is 14.0. The molecule has 0 spiro atoms. The van der Waals surface area contributed by atoms with Crippen LogP contribution in [0.1, 0.15) is 110 Å². The number of hydrogen-bond donors (Lipinski definition) is 2. The second-order valence-corrected chi connectivity index (χ2v) is 14.0. The Hall–Kier alpha value is -2.84. The van der Waals surface area contributed by atoms with Gasteiger partial charge >= 0.3 is 0 Å². The molecule has 3 N–H and O–H groups in total. The normalized spacial score (nSPS) is 28.3. The highest BCUT2D eigenvalue weighted by molar-refractivity contribution is 5.50. The molecular formula is C42H56N2. The molecule has 0 aromatic rings. The minimum absolute atomic E-state index is 0.586. The summed E-state index contributed by atoms with van der Waals surface area (Å²) in [7, 11) is 0. The zero-order valence-corrected chi connectivity index (χ0v) is 27.6. The SMILES string of the molecule is C/C=C(\CN)C1=CC[C@@H](/C(=C/C=C(\C)C2CCC(C3=CC4=C(CCCC4)CC3)=C3C=CCCC32)CNC2=CCCC=C2)CC1. The van der Waals surface area contributed by atoms with Crippen molar-refractivity contribution in [2.24, 2.45) is 23.5 Å². The molecule has 0 radical (unpaired) electrons. The van der Waals surface area contributed by atoms with Gasteiger partial charge in [-0.3, -0.25) is 0 Å². The Morgan fingerprint density at radius 1 is 0.909 bits per heavy atom. The predicted molar refractivity (Wildman–Crippen MR) is 189 cm³/mol. The van der Waals surface area contributed by atoms with E-state index in [0.29, 0.717) is 24.3 Å². The first-order valence-corrected chi connectivity index (χ1v) is 18.0. The van der Waals surface area contributed by atoms with Gasteiger partial charge in [0, 0.05) is 18.8 Å². The van der Waals surface area contributed by atoms with Gasteiger partial charge in [0.05, 0.1) is 0 Å². The first-order chi connectivity index (χ1) is 21.6. The number of nitrogens with two attached hydrogens (primary N) is 1. The lowest BCUT2D eigenvalue weighted by molar-refractivity contribution is 0.361. The minimum Gasteiger partial charge on any atom is -0.382 e. The summed E-state index contributed by atoms with van der Waals surface area (Å²) in [6.07, 6.45) is 43.1. The van der Waals surface area contributed by atoms with Crippen LogP contribution in [0.15, 0.2) is 117 Å². The summed E-state index contributed by atoms with van der Waals surface area (Å²) in [4.78, 5) is 0. The number of nitrogens with one attached hydrogen (secondary N) is 1. The van der Waals surface area contributed by atoms with E-state index in [0.717, 1.165) is 32.2 Å². The number of rotatable bonds is 9. The Morgan fingerprint density at radius 3 is 2.59 bits per heavy atom. The highest BCUT2D eigenvalue weighted by Crippen LogP contribution is 2.48. The summed E-state index contributed by atoms with van der Waals surface area (Å²) < 4.78 is 0. The topological polar surface area (TPSA) is 38.0 Å². The standard InChI is InChI=1S/C42H56N2/c1-3-31(28-43)33-19-21-34(22-20-33)37(29-44-38-13-5-4-6-14-38)18-17-30(2)39-25-26-40(42-16-10-9-15-41(39)42)36-24-23-32-11-7-8-12-35(32)27-36/h3,5,10,13-14,16-19,27,34,39,41,44H,4,6-9,11-12,15,20-26,28-29,43H2,1-2H3/b30-17+,31-3+,37-18+/t34-,39?,41?/m1/s1. The molecule has 0 amide bonds. The van der Waals surface area contributed by atoms with Crippen LogP contribution in [0.4, 0.5) is 0 Å². The molecule has 0 saturated heterocycles.